The van der Waals surface area contributed by atoms with E-state index in [1.165, 1.54) is 12.1 Å². The van der Waals surface area contributed by atoms with Crippen molar-refractivity contribution in [3.63, 3.8) is 0 Å². The summed E-state index contributed by atoms with van der Waals surface area (Å²) in [7, 11) is 0. The van der Waals surface area contributed by atoms with Gasteiger partial charge in [-0.2, -0.15) is 13.2 Å². The fraction of sp³-hybridized carbons (Fsp3) is 0.333. The van der Waals surface area contributed by atoms with Gasteiger partial charge < -0.3 is 5.32 Å². The Labute approximate surface area is 107 Å². The number of alkyl halides is 3. The van der Waals surface area contributed by atoms with E-state index < -0.39 is 17.3 Å². The third-order valence-corrected chi connectivity index (χ3v) is 2.59. The molecule has 0 atom stereocenters. The van der Waals surface area contributed by atoms with Gasteiger partial charge in [0.2, 0.25) is 0 Å². The van der Waals surface area contributed by atoms with Crippen LogP contribution in [0.1, 0.15) is 19.4 Å². The van der Waals surface area contributed by atoms with Crippen LogP contribution in [0.25, 0.3) is 0 Å². The van der Waals surface area contributed by atoms with Crippen LogP contribution in [0.2, 0.25) is 0 Å². The van der Waals surface area contributed by atoms with Crippen molar-refractivity contribution in [3.05, 3.63) is 28.2 Å². The van der Waals surface area contributed by atoms with E-state index in [9.17, 15) is 13.2 Å². The number of hydrogen-bond donors (Lipinski definition) is 1. The molecule has 0 aliphatic carbocycles. The monoisotopic (exact) mass is 305 g/mol. The molecule has 1 aromatic rings. The van der Waals surface area contributed by atoms with Gasteiger partial charge in [0.25, 0.3) is 0 Å². The van der Waals surface area contributed by atoms with E-state index in [4.69, 9.17) is 6.42 Å². The van der Waals surface area contributed by atoms with E-state index in [2.05, 4.69) is 27.2 Å². The Morgan fingerprint density at radius 2 is 1.88 bits per heavy atom. The lowest BCUT2D eigenvalue weighted by Crippen LogP contribution is -2.29. The van der Waals surface area contributed by atoms with Crippen molar-refractivity contribution in [3.8, 4) is 12.3 Å². The smallest absolute Gasteiger partial charge is 0.369 e. The molecule has 0 fully saturated rings. The zero-order valence-corrected chi connectivity index (χ0v) is 10.9. The maximum Gasteiger partial charge on any atom is 0.418 e. The maximum absolute atomic E-state index is 12.8. The summed E-state index contributed by atoms with van der Waals surface area (Å²) in [6, 6.07) is 3.91. The molecule has 1 aromatic carbocycles. The van der Waals surface area contributed by atoms with Crippen molar-refractivity contribution < 1.29 is 13.2 Å². The maximum atomic E-state index is 12.8. The number of anilines is 1. The second-order valence-electron chi connectivity index (χ2n) is 4.08. The predicted octanol–water partition coefficient (Wildman–Crippen LogP) is 4.29. The van der Waals surface area contributed by atoms with Gasteiger partial charge in [-0.25, -0.2) is 0 Å². The highest BCUT2D eigenvalue weighted by atomic mass is 79.9. The summed E-state index contributed by atoms with van der Waals surface area (Å²) in [4.78, 5) is 0. The van der Waals surface area contributed by atoms with Crippen LogP contribution in [0, 0.1) is 12.3 Å². The molecule has 0 aromatic heterocycles. The Kier molecular flexibility index (Phi) is 3.78. The van der Waals surface area contributed by atoms with E-state index in [0.717, 1.165) is 6.07 Å². The normalized spacial score (nSPS) is 12.1. The summed E-state index contributed by atoms with van der Waals surface area (Å²) >= 11 is 3.02. The third-order valence-electron chi connectivity index (χ3n) is 2.10. The quantitative estimate of drug-likeness (QED) is 0.804. The molecule has 5 heteroatoms. The van der Waals surface area contributed by atoms with E-state index in [1.807, 2.05) is 0 Å². The lowest BCUT2D eigenvalue weighted by molar-refractivity contribution is -0.137. The van der Waals surface area contributed by atoms with Crippen molar-refractivity contribution in [2.45, 2.75) is 25.6 Å². The van der Waals surface area contributed by atoms with Gasteiger partial charge in [0.15, 0.2) is 0 Å². The van der Waals surface area contributed by atoms with Gasteiger partial charge in [0.05, 0.1) is 11.1 Å². The average molecular weight is 306 g/mol. The first-order chi connectivity index (χ1) is 7.65. The molecule has 0 aliphatic rings. The molecule has 0 saturated heterocycles. The van der Waals surface area contributed by atoms with Gasteiger partial charge in [-0.3, -0.25) is 0 Å². The number of hydrogen-bond acceptors (Lipinski definition) is 1. The van der Waals surface area contributed by atoms with Crippen molar-refractivity contribution in [1.82, 2.24) is 0 Å². The minimum Gasteiger partial charge on any atom is -0.369 e. The fourth-order valence-electron chi connectivity index (χ4n) is 1.23. The van der Waals surface area contributed by atoms with Crippen molar-refractivity contribution in [1.29, 1.82) is 0 Å². The topological polar surface area (TPSA) is 12.0 Å². The van der Waals surface area contributed by atoms with Crippen LogP contribution < -0.4 is 5.32 Å². The molecule has 0 amide bonds. The average Bonchev–Trinajstić information content (AvgIpc) is 2.19. The highest BCUT2D eigenvalue weighted by molar-refractivity contribution is 9.10. The van der Waals surface area contributed by atoms with Gasteiger partial charge in [0, 0.05) is 10.2 Å². The summed E-state index contributed by atoms with van der Waals surface area (Å²) in [5.41, 5.74) is -1.60. The van der Waals surface area contributed by atoms with E-state index in [0.29, 0.717) is 4.47 Å². The van der Waals surface area contributed by atoms with Crippen LogP contribution in [0.3, 0.4) is 0 Å². The molecule has 0 bridgehead atoms. The van der Waals surface area contributed by atoms with Crippen molar-refractivity contribution in [2.75, 3.05) is 5.32 Å². The number of terminal acetylenes is 1. The molecule has 17 heavy (non-hydrogen) atoms. The molecule has 0 heterocycles. The van der Waals surface area contributed by atoms with Crippen LogP contribution in [0.4, 0.5) is 18.9 Å². The Morgan fingerprint density at radius 3 is 2.35 bits per heavy atom. The van der Waals surface area contributed by atoms with Crippen LogP contribution in [0.15, 0.2) is 22.7 Å². The Morgan fingerprint density at radius 1 is 1.29 bits per heavy atom. The fourth-order valence-corrected chi connectivity index (χ4v) is 1.59. The van der Waals surface area contributed by atoms with E-state index >= 15 is 0 Å². The second kappa shape index (κ2) is 4.61. The highest BCUT2D eigenvalue weighted by Gasteiger charge is 2.34. The van der Waals surface area contributed by atoms with Crippen LogP contribution in [0.5, 0.6) is 0 Å². The molecule has 0 aliphatic heterocycles. The molecule has 0 saturated carbocycles. The zero-order valence-electron chi connectivity index (χ0n) is 9.32. The minimum absolute atomic E-state index is 0.0244. The molecule has 1 nitrogen and oxygen atoms in total. The van der Waals surface area contributed by atoms with E-state index in [1.54, 1.807) is 13.8 Å². The lowest BCUT2D eigenvalue weighted by atomic mass is 10.0. The molecule has 1 N–H and O–H groups in total. The van der Waals surface area contributed by atoms with E-state index in [-0.39, 0.29) is 5.69 Å². The highest BCUT2D eigenvalue weighted by Crippen LogP contribution is 2.37. The number of halogens is 4. The summed E-state index contributed by atoms with van der Waals surface area (Å²) in [5.74, 6) is 2.39. The molecular formula is C12H11BrF3N. The Balaban J connectivity index is 3.22. The third kappa shape index (κ3) is 3.67. The van der Waals surface area contributed by atoms with Gasteiger partial charge in [-0.15, -0.1) is 6.42 Å². The molecule has 1 rings (SSSR count). The second-order valence-corrected chi connectivity index (χ2v) is 5.00. The Bertz CT molecular complexity index is 458. The minimum atomic E-state index is -4.42. The number of benzene rings is 1. The molecular weight excluding hydrogens is 295 g/mol. The number of nitrogens with one attached hydrogen (secondary N) is 1. The predicted molar refractivity (Wildman–Crippen MR) is 65.7 cm³/mol. The summed E-state index contributed by atoms with van der Waals surface area (Å²) in [5, 5.41) is 2.69. The first-order valence-corrected chi connectivity index (χ1v) is 5.58. The SMILES string of the molecule is C#CC(C)(C)Nc1ccc(Br)cc1C(F)(F)F. The summed E-state index contributed by atoms with van der Waals surface area (Å²) in [6.45, 7) is 3.27. The lowest BCUT2D eigenvalue weighted by Gasteiger charge is -2.24. The van der Waals surface area contributed by atoms with Gasteiger partial charge in [-0.1, -0.05) is 21.9 Å². The van der Waals surface area contributed by atoms with Crippen LogP contribution >= 0.6 is 15.9 Å². The molecule has 0 spiro atoms. The van der Waals surface area contributed by atoms with Crippen LogP contribution in [-0.2, 0) is 6.18 Å². The summed E-state index contributed by atoms with van der Waals surface area (Å²) in [6.07, 6.45) is 0.820. The first-order valence-electron chi connectivity index (χ1n) is 4.78. The molecule has 92 valence electrons. The number of rotatable bonds is 2. The van der Waals surface area contributed by atoms with Gasteiger partial charge in [0.1, 0.15) is 0 Å². The molecule has 0 radical (unpaired) electrons. The van der Waals surface area contributed by atoms with Crippen molar-refractivity contribution >= 4 is 21.6 Å². The summed E-state index contributed by atoms with van der Waals surface area (Å²) < 4.78 is 38.8. The zero-order chi connectivity index (χ0) is 13.3. The first kappa shape index (κ1) is 13.9. The largest absolute Gasteiger partial charge is 0.418 e. The van der Waals surface area contributed by atoms with Gasteiger partial charge >= 0.3 is 6.18 Å². The standard InChI is InChI=1S/C12H11BrF3N/c1-4-11(2,3)17-10-6-5-8(13)7-9(10)12(14,15)16/h1,5-7,17H,2-3H3. The van der Waals surface area contributed by atoms with Crippen molar-refractivity contribution in [2.24, 2.45) is 0 Å². The Hall–Kier alpha value is -1.15. The van der Waals surface area contributed by atoms with Crippen LogP contribution in [-0.4, -0.2) is 5.54 Å². The molecule has 0 unspecified atom stereocenters. The van der Waals surface area contributed by atoms with Gasteiger partial charge in [-0.05, 0) is 32.0 Å².